The van der Waals surface area contributed by atoms with Gasteiger partial charge in [-0.1, -0.05) is 30.3 Å². The number of allylic oxidation sites excluding steroid dienone is 3. The van der Waals surface area contributed by atoms with E-state index in [0.717, 1.165) is 27.4 Å². The summed E-state index contributed by atoms with van der Waals surface area (Å²) in [5, 5.41) is 6.48. The van der Waals surface area contributed by atoms with E-state index in [0.29, 0.717) is 46.9 Å². The SMILES string of the molecule is COc1ccccc1NC(=O)C1=C(C)NC2=C(C(=O)C[C@@H](c3ccc(OC)c(OC)c3)C2)[C@@H]1c1ccc(SC)cc1. The zero-order valence-corrected chi connectivity index (χ0v) is 24.7. The van der Waals surface area contributed by atoms with Crippen LogP contribution in [0.15, 0.2) is 94.2 Å². The van der Waals surface area contributed by atoms with E-state index in [-0.39, 0.29) is 17.6 Å². The zero-order valence-electron chi connectivity index (χ0n) is 23.9. The highest BCUT2D eigenvalue weighted by Crippen LogP contribution is 2.46. The number of Topliss-reactive ketones (excluding diaryl/α,β-unsaturated/α-hetero) is 1. The second-order valence-corrected chi connectivity index (χ2v) is 10.9. The van der Waals surface area contributed by atoms with E-state index in [4.69, 9.17) is 14.2 Å². The smallest absolute Gasteiger partial charge is 0.254 e. The minimum Gasteiger partial charge on any atom is -0.495 e. The second-order valence-electron chi connectivity index (χ2n) is 10.1. The Balaban J connectivity index is 1.55. The van der Waals surface area contributed by atoms with Crippen LogP contribution in [0.25, 0.3) is 0 Å². The van der Waals surface area contributed by atoms with Gasteiger partial charge in [-0.3, -0.25) is 9.59 Å². The molecular weight excluding hydrogens is 536 g/mol. The van der Waals surface area contributed by atoms with Gasteiger partial charge >= 0.3 is 0 Å². The molecule has 1 amide bonds. The number of dihydropyridines is 1. The fourth-order valence-electron chi connectivity index (χ4n) is 5.75. The Hall–Kier alpha value is -4.17. The molecular formula is C33H34N2O5S. The first-order valence-electron chi connectivity index (χ1n) is 13.4. The van der Waals surface area contributed by atoms with E-state index in [1.807, 2.05) is 67.8 Å². The van der Waals surface area contributed by atoms with Crippen LogP contribution in [0.3, 0.4) is 0 Å². The van der Waals surface area contributed by atoms with Gasteiger partial charge in [0.1, 0.15) is 5.75 Å². The van der Waals surface area contributed by atoms with Crippen LogP contribution in [0.5, 0.6) is 17.2 Å². The van der Waals surface area contributed by atoms with Crippen molar-refractivity contribution in [1.29, 1.82) is 0 Å². The largest absolute Gasteiger partial charge is 0.495 e. The number of carbonyl (C=O) groups excluding carboxylic acids is 2. The third kappa shape index (κ3) is 5.57. The highest BCUT2D eigenvalue weighted by Gasteiger charge is 2.41. The number of nitrogens with one attached hydrogen (secondary N) is 2. The molecule has 41 heavy (non-hydrogen) atoms. The number of hydrogen-bond acceptors (Lipinski definition) is 7. The van der Waals surface area contributed by atoms with Crippen molar-refractivity contribution < 1.29 is 23.8 Å². The van der Waals surface area contributed by atoms with Crippen molar-refractivity contribution in [3.8, 4) is 17.2 Å². The van der Waals surface area contributed by atoms with Gasteiger partial charge in [0.05, 0.1) is 27.0 Å². The fraction of sp³-hybridized carbons (Fsp3) is 0.273. The molecule has 7 nitrogen and oxygen atoms in total. The van der Waals surface area contributed by atoms with E-state index < -0.39 is 5.92 Å². The Labute approximate surface area is 245 Å². The van der Waals surface area contributed by atoms with Crippen LogP contribution in [0.2, 0.25) is 0 Å². The van der Waals surface area contributed by atoms with E-state index in [1.165, 1.54) is 0 Å². The molecule has 2 atom stereocenters. The molecule has 0 bridgehead atoms. The standard InChI is InChI=1S/C33H34N2O5S/c1-19-30(33(37)35-24-8-6-7-9-27(24)38-2)31(20-10-13-23(41-5)14-11-20)32-25(34-19)16-22(17-26(32)36)21-12-15-28(39-3)29(18-21)40-4/h6-15,18,22,31,34H,16-17H2,1-5H3,(H,35,37)/t22-,31+/m0/s1. The molecule has 1 aliphatic heterocycles. The quantitative estimate of drug-likeness (QED) is 0.302. The van der Waals surface area contributed by atoms with Crippen molar-refractivity contribution in [3.63, 3.8) is 0 Å². The number of benzene rings is 3. The topological polar surface area (TPSA) is 85.9 Å². The van der Waals surface area contributed by atoms with Gasteiger partial charge in [-0.2, -0.15) is 0 Å². The predicted octanol–water partition coefficient (Wildman–Crippen LogP) is 6.43. The number of anilines is 1. The Morgan fingerprint density at radius 2 is 1.56 bits per heavy atom. The number of rotatable bonds is 8. The predicted molar refractivity (Wildman–Crippen MR) is 162 cm³/mol. The number of thioether (sulfide) groups is 1. The Morgan fingerprint density at radius 1 is 0.878 bits per heavy atom. The fourth-order valence-corrected chi connectivity index (χ4v) is 6.16. The normalized spacial score (nSPS) is 18.4. The average Bonchev–Trinajstić information content (AvgIpc) is 3.00. The van der Waals surface area contributed by atoms with Gasteiger partial charge in [-0.05, 0) is 73.0 Å². The van der Waals surface area contributed by atoms with Crippen LogP contribution < -0.4 is 24.8 Å². The summed E-state index contributed by atoms with van der Waals surface area (Å²) in [6.45, 7) is 1.90. The molecule has 3 aromatic rings. The highest BCUT2D eigenvalue weighted by molar-refractivity contribution is 7.98. The summed E-state index contributed by atoms with van der Waals surface area (Å²) in [7, 11) is 4.78. The van der Waals surface area contributed by atoms with E-state index >= 15 is 0 Å². The van der Waals surface area contributed by atoms with Gasteiger partial charge in [0.25, 0.3) is 5.91 Å². The second kappa shape index (κ2) is 12.1. The molecule has 3 aromatic carbocycles. The molecule has 0 saturated carbocycles. The van der Waals surface area contributed by atoms with E-state index in [9.17, 15) is 9.59 Å². The minimum atomic E-state index is -0.504. The molecule has 1 heterocycles. The Morgan fingerprint density at radius 3 is 2.24 bits per heavy atom. The number of ether oxygens (including phenoxy) is 3. The third-order valence-electron chi connectivity index (χ3n) is 7.76. The number of ketones is 1. The summed E-state index contributed by atoms with van der Waals surface area (Å²) in [5.41, 5.74) is 5.21. The summed E-state index contributed by atoms with van der Waals surface area (Å²) < 4.78 is 16.4. The lowest BCUT2D eigenvalue weighted by Gasteiger charge is -2.37. The van der Waals surface area contributed by atoms with Crippen LogP contribution in [0, 0.1) is 0 Å². The molecule has 0 saturated heterocycles. The van der Waals surface area contributed by atoms with Gasteiger partial charge in [-0.15, -0.1) is 11.8 Å². The molecule has 5 rings (SSSR count). The van der Waals surface area contributed by atoms with Crippen molar-refractivity contribution in [1.82, 2.24) is 5.32 Å². The summed E-state index contributed by atoms with van der Waals surface area (Å²) in [4.78, 5) is 29.0. The molecule has 0 aromatic heterocycles. The lowest BCUT2D eigenvalue weighted by molar-refractivity contribution is -0.116. The van der Waals surface area contributed by atoms with E-state index in [2.05, 4.69) is 10.6 Å². The monoisotopic (exact) mass is 570 g/mol. The maximum absolute atomic E-state index is 14.0. The minimum absolute atomic E-state index is 0.0209. The first-order valence-corrected chi connectivity index (χ1v) is 14.6. The van der Waals surface area contributed by atoms with Gasteiger partial charge in [-0.25, -0.2) is 0 Å². The first kappa shape index (κ1) is 28.4. The van der Waals surface area contributed by atoms with Crippen molar-refractivity contribution >= 4 is 29.1 Å². The van der Waals surface area contributed by atoms with Crippen LogP contribution in [0.4, 0.5) is 5.69 Å². The van der Waals surface area contributed by atoms with Crippen molar-refractivity contribution in [2.45, 2.75) is 36.5 Å². The van der Waals surface area contributed by atoms with Crippen LogP contribution in [-0.4, -0.2) is 39.3 Å². The van der Waals surface area contributed by atoms with Crippen LogP contribution in [-0.2, 0) is 9.59 Å². The van der Waals surface area contributed by atoms with Crippen molar-refractivity contribution in [2.24, 2.45) is 0 Å². The van der Waals surface area contributed by atoms with Crippen LogP contribution >= 0.6 is 11.8 Å². The Bertz CT molecular complexity index is 1540. The highest BCUT2D eigenvalue weighted by atomic mass is 32.2. The summed E-state index contributed by atoms with van der Waals surface area (Å²) in [6.07, 6.45) is 2.99. The summed E-state index contributed by atoms with van der Waals surface area (Å²) in [5.74, 6) is 1.04. The maximum Gasteiger partial charge on any atom is 0.254 e. The molecule has 1 aliphatic carbocycles. The van der Waals surface area contributed by atoms with Crippen molar-refractivity contribution in [2.75, 3.05) is 32.9 Å². The molecule has 0 radical (unpaired) electrons. The maximum atomic E-state index is 14.0. The number of para-hydroxylation sites is 2. The van der Waals surface area contributed by atoms with Gasteiger partial charge in [0.2, 0.25) is 0 Å². The zero-order chi connectivity index (χ0) is 29.1. The Kier molecular flexibility index (Phi) is 8.40. The molecule has 0 fully saturated rings. The number of amides is 1. The molecule has 2 aliphatic rings. The molecule has 8 heteroatoms. The number of hydrogen-bond donors (Lipinski definition) is 2. The average molecular weight is 571 g/mol. The first-order chi connectivity index (χ1) is 19.9. The molecule has 2 N–H and O–H groups in total. The molecule has 0 unspecified atom stereocenters. The van der Waals surface area contributed by atoms with Gasteiger partial charge in [0, 0.05) is 39.8 Å². The number of methoxy groups -OCH3 is 3. The third-order valence-corrected chi connectivity index (χ3v) is 8.50. The van der Waals surface area contributed by atoms with Crippen LogP contribution in [0.1, 0.15) is 42.7 Å². The van der Waals surface area contributed by atoms with Crippen molar-refractivity contribution in [3.05, 3.63) is 100 Å². The lowest BCUT2D eigenvalue weighted by atomic mass is 9.71. The number of carbonyl (C=O) groups is 2. The van der Waals surface area contributed by atoms with Gasteiger partial charge in [0.15, 0.2) is 17.3 Å². The lowest BCUT2D eigenvalue weighted by Crippen LogP contribution is -2.37. The van der Waals surface area contributed by atoms with E-state index in [1.54, 1.807) is 45.2 Å². The molecule has 0 spiro atoms. The summed E-state index contributed by atoms with van der Waals surface area (Å²) in [6, 6.07) is 21.2. The molecule has 212 valence electrons. The summed E-state index contributed by atoms with van der Waals surface area (Å²) >= 11 is 1.65. The van der Waals surface area contributed by atoms with Gasteiger partial charge < -0.3 is 24.8 Å².